The Morgan fingerprint density at radius 3 is 1.69 bits per heavy atom. The van der Waals surface area contributed by atoms with Crippen molar-refractivity contribution in [1.82, 2.24) is 0 Å². The fourth-order valence-electron chi connectivity index (χ4n) is 2.92. The van der Waals surface area contributed by atoms with Crippen LogP contribution in [0.1, 0.15) is 5.56 Å². The Morgan fingerprint density at radius 1 is 0.577 bits per heavy atom. The highest BCUT2D eigenvalue weighted by atomic mass is 35.5. The molecule has 0 radical (unpaired) electrons. The van der Waals surface area contributed by atoms with Crippen molar-refractivity contribution in [2.75, 3.05) is 0 Å². The molecule has 0 N–H and O–H groups in total. The highest BCUT2D eigenvalue weighted by Gasteiger charge is 2.20. The van der Waals surface area contributed by atoms with Crippen molar-refractivity contribution in [1.29, 1.82) is 0 Å². The van der Waals surface area contributed by atoms with E-state index in [1.54, 1.807) is 0 Å². The number of rotatable bonds is 3. The molecule has 0 saturated heterocycles. The molecule has 4 rings (SSSR count). The van der Waals surface area contributed by atoms with Crippen LogP contribution < -0.4 is 0 Å². The Bertz CT molecular complexity index is 956. The van der Waals surface area contributed by atoms with E-state index in [0.717, 1.165) is 33.8 Å². The van der Waals surface area contributed by atoms with E-state index >= 15 is 0 Å². The minimum Gasteiger partial charge on any atom is -0.207 e. The van der Waals surface area contributed by atoms with Gasteiger partial charge in [0.1, 0.15) is 0 Å². The summed E-state index contributed by atoms with van der Waals surface area (Å²) in [6.45, 7) is 2.08. The summed E-state index contributed by atoms with van der Waals surface area (Å²) in [5.41, 5.74) is 5.57. The molecule has 1 nitrogen and oxygen atoms in total. The zero-order valence-electron chi connectivity index (χ0n) is 14.4. The molecule has 1 aromatic heterocycles. The van der Waals surface area contributed by atoms with Crippen LogP contribution in [0.4, 0.5) is 0 Å². The average molecular weight is 358 g/mol. The summed E-state index contributed by atoms with van der Waals surface area (Å²) < 4.78 is 6.25. The van der Waals surface area contributed by atoms with Crippen molar-refractivity contribution in [2.24, 2.45) is 0 Å². The largest absolute Gasteiger partial charge is 0.361 e. The van der Waals surface area contributed by atoms with E-state index < -0.39 is 0 Å². The second kappa shape index (κ2) is 7.15. The molecule has 0 unspecified atom stereocenters. The molecule has 0 atom stereocenters. The molecule has 0 fully saturated rings. The molecule has 0 amide bonds. The fraction of sp³-hybridized carbons (Fsp3) is 0.0417. The maximum atomic E-state index is 6.25. The topological polar surface area (TPSA) is 11.3 Å². The molecular formula is C24H18ClO+. The normalized spacial score (nSPS) is 10.7. The van der Waals surface area contributed by atoms with Crippen LogP contribution in [-0.4, -0.2) is 0 Å². The summed E-state index contributed by atoms with van der Waals surface area (Å²) in [5.74, 6) is 1.66. The molecule has 26 heavy (non-hydrogen) atoms. The first-order chi connectivity index (χ1) is 12.7. The lowest BCUT2D eigenvalue weighted by Crippen LogP contribution is -1.86. The lowest BCUT2D eigenvalue weighted by Gasteiger charge is -2.02. The van der Waals surface area contributed by atoms with Gasteiger partial charge in [-0.15, -0.1) is 0 Å². The molecule has 0 aliphatic rings. The summed E-state index contributed by atoms with van der Waals surface area (Å²) in [5, 5.41) is 0.715. The van der Waals surface area contributed by atoms with E-state index in [1.165, 1.54) is 5.56 Å². The monoisotopic (exact) mass is 357 g/mol. The van der Waals surface area contributed by atoms with Gasteiger partial charge in [0.05, 0.1) is 23.3 Å². The van der Waals surface area contributed by atoms with E-state index in [9.17, 15) is 0 Å². The van der Waals surface area contributed by atoms with Gasteiger partial charge in [0.25, 0.3) is 0 Å². The SMILES string of the molecule is Cc1ccc(-c2cc(-c3ccccc3)cc(-c3ccc(Cl)cc3)[o+]2)cc1. The van der Waals surface area contributed by atoms with Gasteiger partial charge in [-0.2, -0.15) is 0 Å². The number of aryl methyl sites for hydroxylation is 1. The first-order valence-electron chi connectivity index (χ1n) is 8.56. The Labute approximate surface area is 158 Å². The van der Waals surface area contributed by atoms with E-state index in [4.69, 9.17) is 16.0 Å². The van der Waals surface area contributed by atoms with Crippen LogP contribution in [0.15, 0.2) is 95.4 Å². The van der Waals surface area contributed by atoms with Gasteiger partial charge in [0.15, 0.2) is 0 Å². The average Bonchev–Trinajstić information content (AvgIpc) is 2.69. The summed E-state index contributed by atoms with van der Waals surface area (Å²) in [6.07, 6.45) is 0. The molecule has 126 valence electrons. The zero-order valence-corrected chi connectivity index (χ0v) is 15.2. The number of benzene rings is 3. The van der Waals surface area contributed by atoms with Gasteiger partial charge in [0, 0.05) is 10.6 Å². The molecule has 4 aromatic rings. The van der Waals surface area contributed by atoms with Gasteiger partial charge in [-0.05, 0) is 48.9 Å². The molecule has 0 spiro atoms. The van der Waals surface area contributed by atoms with Gasteiger partial charge >= 0.3 is 11.5 Å². The summed E-state index contributed by atoms with van der Waals surface area (Å²) in [6, 6.07) is 30.6. The van der Waals surface area contributed by atoms with Crippen molar-refractivity contribution in [2.45, 2.75) is 6.92 Å². The number of hydrogen-bond donors (Lipinski definition) is 0. The molecule has 0 saturated carbocycles. The van der Waals surface area contributed by atoms with Crippen LogP contribution in [0, 0.1) is 6.92 Å². The van der Waals surface area contributed by atoms with E-state index in [-0.39, 0.29) is 0 Å². The van der Waals surface area contributed by atoms with Crippen LogP contribution >= 0.6 is 11.6 Å². The minimum atomic E-state index is 0.715. The maximum Gasteiger partial charge on any atom is 0.361 e. The standard InChI is InChI=1S/C24H18ClO/c1-17-7-9-19(10-8-17)23-15-21(18-5-3-2-4-6-18)16-24(26-23)20-11-13-22(25)14-12-20/h2-16H,1H3/q+1. The third kappa shape index (κ3) is 3.54. The second-order valence-corrected chi connectivity index (χ2v) is 6.75. The van der Waals surface area contributed by atoms with Gasteiger partial charge in [-0.1, -0.05) is 59.6 Å². The quantitative estimate of drug-likeness (QED) is 0.345. The van der Waals surface area contributed by atoms with Crippen LogP contribution in [-0.2, 0) is 0 Å². The van der Waals surface area contributed by atoms with Gasteiger partial charge in [-0.25, -0.2) is 4.42 Å². The highest BCUT2D eigenvalue weighted by molar-refractivity contribution is 6.30. The Balaban J connectivity index is 1.89. The molecule has 0 bridgehead atoms. The third-order valence-corrected chi connectivity index (χ3v) is 4.62. The van der Waals surface area contributed by atoms with Gasteiger partial charge in [0.2, 0.25) is 0 Å². The first-order valence-corrected chi connectivity index (χ1v) is 8.93. The summed E-state index contributed by atoms with van der Waals surface area (Å²) >= 11 is 6.04. The molecule has 1 heterocycles. The Kier molecular flexibility index (Phi) is 4.55. The Hall–Kier alpha value is -2.90. The predicted molar refractivity (Wildman–Crippen MR) is 109 cm³/mol. The van der Waals surface area contributed by atoms with Crippen LogP contribution in [0.25, 0.3) is 33.8 Å². The van der Waals surface area contributed by atoms with Crippen molar-refractivity contribution in [3.05, 3.63) is 102 Å². The maximum absolute atomic E-state index is 6.25. The van der Waals surface area contributed by atoms with Gasteiger partial charge in [-0.3, -0.25) is 0 Å². The zero-order chi connectivity index (χ0) is 17.9. The number of hydrogen-bond acceptors (Lipinski definition) is 0. The molecule has 0 aliphatic heterocycles. The van der Waals surface area contributed by atoms with Crippen molar-refractivity contribution in [3.8, 4) is 33.8 Å². The van der Waals surface area contributed by atoms with E-state index in [0.29, 0.717) is 5.02 Å². The summed E-state index contributed by atoms with van der Waals surface area (Å²) in [7, 11) is 0. The van der Waals surface area contributed by atoms with E-state index in [1.807, 2.05) is 42.5 Å². The van der Waals surface area contributed by atoms with Crippen molar-refractivity contribution in [3.63, 3.8) is 0 Å². The van der Waals surface area contributed by atoms with E-state index in [2.05, 4.69) is 55.5 Å². The molecular weight excluding hydrogens is 340 g/mol. The van der Waals surface area contributed by atoms with Crippen molar-refractivity contribution >= 4 is 11.6 Å². The number of halogens is 1. The van der Waals surface area contributed by atoms with Crippen molar-refractivity contribution < 1.29 is 4.42 Å². The first kappa shape index (κ1) is 16.6. The summed E-state index contributed by atoms with van der Waals surface area (Å²) in [4.78, 5) is 0. The molecule has 3 aromatic carbocycles. The third-order valence-electron chi connectivity index (χ3n) is 4.37. The lowest BCUT2D eigenvalue weighted by molar-refractivity contribution is 0.582. The fourth-order valence-corrected chi connectivity index (χ4v) is 3.04. The van der Waals surface area contributed by atoms with Crippen LogP contribution in [0.5, 0.6) is 0 Å². The predicted octanol–water partition coefficient (Wildman–Crippen LogP) is 7.52. The second-order valence-electron chi connectivity index (χ2n) is 6.31. The lowest BCUT2D eigenvalue weighted by atomic mass is 10.0. The highest BCUT2D eigenvalue weighted by Crippen LogP contribution is 2.33. The Morgan fingerprint density at radius 2 is 1.12 bits per heavy atom. The molecule has 2 heteroatoms. The minimum absolute atomic E-state index is 0.715. The van der Waals surface area contributed by atoms with Gasteiger partial charge < -0.3 is 0 Å². The van der Waals surface area contributed by atoms with Crippen LogP contribution in [0.2, 0.25) is 5.02 Å². The smallest absolute Gasteiger partial charge is 0.207 e. The van der Waals surface area contributed by atoms with Crippen LogP contribution in [0.3, 0.4) is 0 Å². The molecule has 0 aliphatic carbocycles.